The van der Waals surface area contributed by atoms with Gasteiger partial charge in [-0.1, -0.05) is 25.4 Å². The topological polar surface area (TPSA) is 20.3 Å². The summed E-state index contributed by atoms with van der Waals surface area (Å²) in [6.07, 6.45) is 3.57. The van der Waals surface area contributed by atoms with E-state index in [1.807, 2.05) is 19.1 Å². The predicted octanol–water partition coefficient (Wildman–Crippen LogP) is 4.42. The van der Waals surface area contributed by atoms with Gasteiger partial charge in [0.25, 0.3) is 0 Å². The number of ketones is 1. The Morgan fingerprint density at radius 2 is 1.85 bits per heavy atom. The van der Waals surface area contributed by atoms with Gasteiger partial charge in [0.05, 0.1) is 6.04 Å². The van der Waals surface area contributed by atoms with Crippen LogP contribution in [0.1, 0.15) is 50.4 Å². The number of carbonyl (C=O) groups excluding carboxylic acids is 1. The van der Waals surface area contributed by atoms with Crippen LogP contribution in [0.3, 0.4) is 0 Å². The van der Waals surface area contributed by atoms with Crippen molar-refractivity contribution < 1.29 is 4.79 Å². The highest BCUT2D eigenvalue weighted by atomic mass is 35.5. The average molecular weight is 294 g/mol. The van der Waals surface area contributed by atoms with Crippen LogP contribution < -0.4 is 0 Å². The SMILES string of the molecule is CC(C(=O)c1ccc(Cl)cc1)N1CCCC(C)(C)CC1. The van der Waals surface area contributed by atoms with E-state index >= 15 is 0 Å². The maximum Gasteiger partial charge on any atom is 0.179 e. The third-order valence-corrected chi connectivity index (χ3v) is 4.68. The predicted molar refractivity (Wildman–Crippen MR) is 84.4 cm³/mol. The third-order valence-electron chi connectivity index (χ3n) is 4.43. The fraction of sp³-hybridized carbons (Fsp3) is 0.588. The number of nitrogens with zero attached hydrogens (tertiary/aromatic N) is 1. The molecule has 1 saturated heterocycles. The first-order valence-corrected chi connectivity index (χ1v) is 7.81. The van der Waals surface area contributed by atoms with Gasteiger partial charge >= 0.3 is 0 Å². The number of hydrogen-bond donors (Lipinski definition) is 0. The Hall–Kier alpha value is -0.860. The molecule has 0 amide bonds. The van der Waals surface area contributed by atoms with Gasteiger partial charge in [-0.3, -0.25) is 9.69 Å². The molecule has 0 spiro atoms. The van der Waals surface area contributed by atoms with Crippen molar-refractivity contribution in [3.8, 4) is 0 Å². The minimum atomic E-state index is -0.0509. The Kier molecular flexibility index (Phi) is 4.87. The van der Waals surface area contributed by atoms with Crippen molar-refractivity contribution in [1.82, 2.24) is 4.90 Å². The standard InChI is InChI=1S/C17H24ClNO/c1-13(16(20)14-5-7-15(18)8-6-14)19-11-4-9-17(2,3)10-12-19/h5-8,13H,4,9-12H2,1-3H3. The minimum absolute atomic E-state index is 0.0509. The van der Waals surface area contributed by atoms with Crippen LogP contribution in [0.2, 0.25) is 5.02 Å². The highest BCUT2D eigenvalue weighted by Crippen LogP contribution is 2.30. The molecule has 20 heavy (non-hydrogen) atoms. The lowest BCUT2D eigenvalue weighted by Gasteiger charge is -2.27. The number of halogens is 1. The van der Waals surface area contributed by atoms with Crippen LogP contribution >= 0.6 is 11.6 Å². The van der Waals surface area contributed by atoms with E-state index in [0.717, 1.165) is 25.1 Å². The first kappa shape index (κ1) is 15.5. The first-order chi connectivity index (χ1) is 9.39. The van der Waals surface area contributed by atoms with Crippen molar-refractivity contribution in [2.24, 2.45) is 5.41 Å². The number of benzene rings is 1. The van der Waals surface area contributed by atoms with Crippen LogP contribution in [-0.4, -0.2) is 29.8 Å². The average Bonchev–Trinajstić information content (AvgIpc) is 2.59. The molecule has 0 aromatic heterocycles. The summed E-state index contributed by atoms with van der Waals surface area (Å²) < 4.78 is 0. The van der Waals surface area contributed by atoms with Crippen LogP contribution in [0.15, 0.2) is 24.3 Å². The number of Topliss-reactive ketones (excluding diaryl/α,β-unsaturated/α-hetero) is 1. The van der Waals surface area contributed by atoms with Gasteiger partial charge in [-0.25, -0.2) is 0 Å². The second-order valence-corrected chi connectivity index (χ2v) is 7.04. The van der Waals surface area contributed by atoms with E-state index < -0.39 is 0 Å². The molecule has 1 unspecified atom stereocenters. The van der Waals surface area contributed by atoms with Crippen molar-refractivity contribution in [3.63, 3.8) is 0 Å². The molecule has 1 aliphatic heterocycles. The Balaban J connectivity index is 2.05. The minimum Gasteiger partial charge on any atom is -0.293 e. The van der Waals surface area contributed by atoms with Crippen molar-refractivity contribution >= 4 is 17.4 Å². The van der Waals surface area contributed by atoms with Gasteiger partial charge in [-0.15, -0.1) is 0 Å². The molecule has 0 radical (unpaired) electrons. The zero-order chi connectivity index (χ0) is 14.8. The molecule has 0 N–H and O–H groups in total. The summed E-state index contributed by atoms with van der Waals surface area (Å²) in [5.74, 6) is 0.196. The Morgan fingerprint density at radius 1 is 1.20 bits per heavy atom. The molecule has 0 bridgehead atoms. The smallest absolute Gasteiger partial charge is 0.179 e. The number of hydrogen-bond acceptors (Lipinski definition) is 2. The Labute approximate surface area is 127 Å². The summed E-state index contributed by atoms with van der Waals surface area (Å²) in [6.45, 7) is 8.69. The maximum atomic E-state index is 12.5. The lowest BCUT2D eigenvalue weighted by atomic mass is 9.85. The molecule has 110 valence electrons. The maximum absolute atomic E-state index is 12.5. The second-order valence-electron chi connectivity index (χ2n) is 6.60. The second kappa shape index (κ2) is 6.28. The monoisotopic (exact) mass is 293 g/mol. The molecule has 0 aliphatic carbocycles. The van der Waals surface area contributed by atoms with Crippen molar-refractivity contribution in [2.75, 3.05) is 13.1 Å². The third kappa shape index (κ3) is 3.83. The molecule has 1 aliphatic rings. The lowest BCUT2D eigenvalue weighted by Crippen LogP contribution is -2.39. The number of rotatable bonds is 3. The Morgan fingerprint density at radius 3 is 2.50 bits per heavy atom. The molecule has 2 nitrogen and oxygen atoms in total. The van der Waals surface area contributed by atoms with E-state index in [4.69, 9.17) is 11.6 Å². The molecule has 1 aromatic rings. The van der Waals surface area contributed by atoms with Gasteiger partial charge in [-0.05, 0) is 69.0 Å². The van der Waals surface area contributed by atoms with Gasteiger partial charge in [0.1, 0.15) is 0 Å². The van der Waals surface area contributed by atoms with Gasteiger partial charge in [0.2, 0.25) is 0 Å². The van der Waals surface area contributed by atoms with Gasteiger partial charge in [0, 0.05) is 10.6 Å². The number of likely N-dealkylation sites (tertiary alicyclic amines) is 1. The molecule has 1 heterocycles. The zero-order valence-electron chi connectivity index (χ0n) is 12.7. The van der Waals surface area contributed by atoms with E-state index in [0.29, 0.717) is 10.4 Å². The normalized spacial score (nSPS) is 21.2. The quantitative estimate of drug-likeness (QED) is 0.769. The Bertz CT molecular complexity index is 466. The highest BCUT2D eigenvalue weighted by Gasteiger charge is 2.28. The molecule has 2 rings (SSSR count). The highest BCUT2D eigenvalue weighted by molar-refractivity contribution is 6.30. The van der Waals surface area contributed by atoms with Crippen LogP contribution in [-0.2, 0) is 0 Å². The van der Waals surface area contributed by atoms with E-state index in [1.165, 1.54) is 12.8 Å². The van der Waals surface area contributed by atoms with E-state index in [2.05, 4.69) is 18.7 Å². The molecule has 1 fully saturated rings. The summed E-state index contributed by atoms with van der Waals surface area (Å²) in [5.41, 5.74) is 1.16. The fourth-order valence-corrected chi connectivity index (χ4v) is 2.98. The fourth-order valence-electron chi connectivity index (χ4n) is 2.85. The van der Waals surface area contributed by atoms with Crippen LogP contribution in [0.25, 0.3) is 0 Å². The molecule has 1 aromatic carbocycles. The van der Waals surface area contributed by atoms with Crippen molar-refractivity contribution in [2.45, 2.75) is 46.1 Å². The molecular weight excluding hydrogens is 270 g/mol. The number of carbonyl (C=O) groups is 1. The van der Waals surface area contributed by atoms with Gasteiger partial charge < -0.3 is 0 Å². The van der Waals surface area contributed by atoms with E-state index in [9.17, 15) is 4.79 Å². The summed E-state index contributed by atoms with van der Waals surface area (Å²) in [5, 5.41) is 0.672. The van der Waals surface area contributed by atoms with Crippen LogP contribution in [0.4, 0.5) is 0 Å². The van der Waals surface area contributed by atoms with Gasteiger partial charge in [-0.2, -0.15) is 0 Å². The van der Waals surface area contributed by atoms with E-state index in [1.54, 1.807) is 12.1 Å². The lowest BCUT2D eigenvalue weighted by molar-refractivity contribution is 0.0838. The zero-order valence-corrected chi connectivity index (χ0v) is 13.4. The summed E-state index contributed by atoms with van der Waals surface area (Å²) >= 11 is 5.88. The van der Waals surface area contributed by atoms with Gasteiger partial charge in [0.15, 0.2) is 5.78 Å². The molecule has 1 atom stereocenters. The molecule has 3 heteroatoms. The van der Waals surface area contributed by atoms with E-state index in [-0.39, 0.29) is 11.8 Å². The summed E-state index contributed by atoms with van der Waals surface area (Å²) in [4.78, 5) is 14.9. The summed E-state index contributed by atoms with van der Waals surface area (Å²) in [7, 11) is 0. The van der Waals surface area contributed by atoms with Crippen molar-refractivity contribution in [1.29, 1.82) is 0 Å². The largest absolute Gasteiger partial charge is 0.293 e. The first-order valence-electron chi connectivity index (χ1n) is 7.43. The summed E-state index contributed by atoms with van der Waals surface area (Å²) in [6, 6.07) is 7.16. The van der Waals surface area contributed by atoms with Crippen molar-refractivity contribution in [3.05, 3.63) is 34.9 Å². The van der Waals surface area contributed by atoms with Crippen LogP contribution in [0.5, 0.6) is 0 Å². The van der Waals surface area contributed by atoms with Crippen LogP contribution in [0, 0.1) is 5.41 Å². The molecule has 0 saturated carbocycles. The molecular formula is C17H24ClNO.